The van der Waals surface area contributed by atoms with E-state index in [-0.39, 0.29) is 11.5 Å². The summed E-state index contributed by atoms with van der Waals surface area (Å²) in [6.07, 6.45) is 0.338. The third-order valence-electron chi connectivity index (χ3n) is 5.57. The van der Waals surface area contributed by atoms with Gasteiger partial charge in [-0.25, -0.2) is 0 Å². The van der Waals surface area contributed by atoms with Crippen LogP contribution in [0, 0.1) is 5.89 Å². The third kappa shape index (κ3) is 1.28. The van der Waals surface area contributed by atoms with Gasteiger partial charge in [0.1, 0.15) is 12.2 Å². The van der Waals surface area contributed by atoms with Gasteiger partial charge < -0.3 is 19.5 Å². The lowest BCUT2D eigenvalue weighted by atomic mass is 9.53. The number of likely N-dealkylation sites (N-methyl/N-ethyl adjacent to an activating group) is 1. The molecule has 4 nitrogen and oxygen atoms in total. The Morgan fingerprint density at radius 3 is 3.41 bits per heavy atom. The molecule has 2 bridgehead atoms. The zero-order valence-corrected chi connectivity index (χ0v) is 12.1. The van der Waals surface area contributed by atoms with Crippen LogP contribution in [0.4, 0.5) is 0 Å². The number of hydrogen-bond donors (Lipinski definition) is 1. The zero-order valence-electron chi connectivity index (χ0n) is 19.1. The molecule has 0 radical (unpaired) electrons. The summed E-state index contributed by atoms with van der Waals surface area (Å²) in [6, 6.07) is 2.20. The van der Waals surface area contributed by atoms with Crippen LogP contribution in [0.3, 0.4) is 0 Å². The molecule has 0 saturated carbocycles. The van der Waals surface area contributed by atoms with Gasteiger partial charge in [-0.2, -0.15) is 0 Å². The average molecular weight is 306 g/mol. The summed E-state index contributed by atoms with van der Waals surface area (Å²) in [5, 5.41) is 4.89. The Bertz CT molecular complexity index is 919. The molecule has 0 amide bonds. The second kappa shape index (κ2) is 4.06. The molecule has 22 heavy (non-hydrogen) atoms. The van der Waals surface area contributed by atoms with Crippen molar-refractivity contribution in [2.75, 3.05) is 20.6 Å². The van der Waals surface area contributed by atoms with Gasteiger partial charge in [0.2, 0.25) is 1.43 Å². The second-order valence-electron chi connectivity index (χ2n) is 6.48. The molecule has 1 saturated heterocycles. The third-order valence-corrected chi connectivity index (χ3v) is 5.57. The maximum absolute atomic E-state index is 9.46. The summed E-state index contributed by atoms with van der Waals surface area (Å²) >= 11 is 0. The summed E-state index contributed by atoms with van der Waals surface area (Å²) in [7, 11) is -0.889. The number of nitrogens with zero attached hydrogens (tertiary/aromatic N) is 1. The van der Waals surface area contributed by atoms with Gasteiger partial charge >= 0.3 is 0 Å². The van der Waals surface area contributed by atoms with Gasteiger partial charge in [0.25, 0.3) is 0 Å². The van der Waals surface area contributed by atoms with E-state index in [1.54, 1.807) is 18.2 Å². The summed E-state index contributed by atoms with van der Waals surface area (Å²) in [5.74, 6) is -1.23. The SMILES string of the molecule is [2H]OC1C=C[C@@]2([2H])[C@@H]3N(C)CC[C@@]24c2c(ccc(OC([2H])([2H])[2H])c2OC14)C3([2H])[2H]. The van der Waals surface area contributed by atoms with Crippen molar-refractivity contribution in [2.24, 2.45) is 5.89 Å². The number of likely N-dealkylation sites (tertiary alicyclic amines) is 1. The lowest BCUT2D eigenvalue weighted by Gasteiger charge is -2.56. The van der Waals surface area contributed by atoms with Gasteiger partial charge in [-0.3, -0.25) is 0 Å². The minimum atomic E-state index is -2.70. The van der Waals surface area contributed by atoms with Crippen LogP contribution in [0.15, 0.2) is 24.3 Å². The molecular weight excluding hydrogens is 278 g/mol. The molecule has 1 aromatic rings. The van der Waals surface area contributed by atoms with Gasteiger partial charge in [-0.05, 0) is 38.0 Å². The van der Waals surface area contributed by atoms with Crippen LogP contribution < -0.4 is 9.47 Å². The van der Waals surface area contributed by atoms with Crippen molar-refractivity contribution in [3.63, 3.8) is 0 Å². The van der Waals surface area contributed by atoms with Crippen LogP contribution in [-0.4, -0.2) is 50.3 Å². The van der Waals surface area contributed by atoms with Crippen LogP contribution >= 0.6 is 0 Å². The number of aliphatic hydroxyl groups is 1. The van der Waals surface area contributed by atoms with Crippen molar-refractivity contribution >= 4 is 0 Å². The quantitative estimate of drug-likeness (QED) is 0.841. The molecule has 2 aliphatic heterocycles. The van der Waals surface area contributed by atoms with Crippen LogP contribution in [-0.2, 0) is 11.8 Å². The number of ether oxygens (including phenoxy) is 2. The molecule has 1 fully saturated rings. The molecule has 1 spiro atoms. The summed E-state index contributed by atoms with van der Waals surface area (Å²) in [5.41, 5.74) is -0.0963. The fourth-order valence-electron chi connectivity index (χ4n) is 4.60. The van der Waals surface area contributed by atoms with E-state index in [0.29, 0.717) is 24.1 Å². The number of aliphatic hydroxyl groups excluding tert-OH is 1. The Morgan fingerprint density at radius 1 is 1.59 bits per heavy atom. The van der Waals surface area contributed by atoms with Crippen molar-refractivity contribution in [3.05, 3.63) is 35.4 Å². The fourth-order valence-corrected chi connectivity index (χ4v) is 4.60. The first-order valence-corrected chi connectivity index (χ1v) is 7.52. The van der Waals surface area contributed by atoms with E-state index < -0.39 is 43.0 Å². The van der Waals surface area contributed by atoms with E-state index in [0.717, 1.165) is 0 Å². The van der Waals surface area contributed by atoms with E-state index in [1.165, 1.54) is 6.07 Å². The first-order chi connectivity index (χ1) is 13.5. The van der Waals surface area contributed by atoms with Crippen molar-refractivity contribution < 1.29 is 22.8 Å². The summed E-state index contributed by atoms with van der Waals surface area (Å²) in [6.45, 7) is 0.534. The Morgan fingerprint density at radius 2 is 2.55 bits per heavy atom. The normalized spacial score (nSPS) is 51.9. The first-order valence-electron chi connectivity index (χ1n) is 10.9. The number of methoxy groups -OCH3 is 1. The number of hydrogen-bond acceptors (Lipinski definition) is 4. The van der Waals surface area contributed by atoms with Crippen LogP contribution in [0.25, 0.3) is 0 Å². The Labute approximate surface area is 140 Å². The van der Waals surface area contributed by atoms with Crippen LogP contribution in [0.5, 0.6) is 11.5 Å². The van der Waals surface area contributed by atoms with Gasteiger partial charge in [0.15, 0.2) is 11.5 Å². The lowest BCUT2D eigenvalue weighted by molar-refractivity contribution is -0.0453. The highest BCUT2D eigenvalue weighted by Crippen LogP contribution is 2.62. The van der Waals surface area contributed by atoms with Gasteiger partial charge in [-0.15, -0.1) is 0 Å². The molecule has 0 aromatic heterocycles. The minimum absolute atomic E-state index is 0.00761. The molecule has 1 aromatic carbocycles. The highest BCUT2D eigenvalue weighted by atomic mass is 16.5. The maximum Gasteiger partial charge on any atom is 0.211 e. The molecule has 5 atom stereocenters. The van der Waals surface area contributed by atoms with E-state index in [9.17, 15) is 1.37 Å². The molecule has 2 heterocycles. The maximum atomic E-state index is 9.46. The monoisotopic (exact) mass is 306 g/mol. The highest BCUT2D eigenvalue weighted by Gasteiger charge is 2.64. The smallest absolute Gasteiger partial charge is 0.211 e. The topological polar surface area (TPSA) is 41.9 Å². The standard InChI is InChI=1S/C18H21NO3/c1-19-8-7-18-11-4-5-13(20)17(18)22-16-14(21-2)6-3-10(15(16)18)9-12(11)19/h3-6,11-13,17,20H,7-9H2,1-2H3/t11-,12+,13?,17?,18-/m0/s1/i2D3,9D2,11D,20D. The van der Waals surface area contributed by atoms with Crippen molar-refractivity contribution in [2.45, 2.75) is 36.5 Å². The predicted octanol–water partition coefficient (Wildman–Crippen LogP) is 1.50. The summed E-state index contributed by atoms with van der Waals surface area (Å²) in [4.78, 5) is 1.87. The van der Waals surface area contributed by atoms with Crippen molar-refractivity contribution in [1.29, 1.82) is 1.43 Å². The highest BCUT2D eigenvalue weighted by molar-refractivity contribution is 5.62. The first kappa shape index (κ1) is 7.84. The van der Waals surface area contributed by atoms with E-state index in [2.05, 4.69) is 0 Å². The van der Waals surface area contributed by atoms with Gasteiger partial charge in [0.05, 0.1) is 11.2 Å². The van der Waals surface area contributed by atoms with E-state index in [1.807, 2.05) is 11.9 Å². The van der Waals surface area contributed by atoms with Gasteiger partial charge in [0, 0.05) is 27.0 Å². The predicted molar refractivity (Wildman–Crippen MR) is 82.5 cm³/mol. The molecule has 4 heteroatoms. The lowest BCUT2D eigenvalue weighted by Crippen LogP contribution is -2.64. The van der Waals surface area contributed by atoms with Crippen molar-refractivity contribution in [3.8, 4) is 11.5 Å². The molecule has 2 aliphatic carbocycles. The molecule has 5 rings (SSSR count). The number of rotatable bonds is 2. The second-order valence-corrected chi connectivity index (χ2v) is 6.48. The number of piperidine rings is 1. The average Bonchev–Trinajstić information content (AvgIpc) is 2.95. The molecule has 116 valence electrons. The zero-order chi connectivity index (χ0) is 21.0. The minimum Gasteiger partial charge on any atom is -0.493 e. The molecule has 2 unspecified atom stereocenters. The largest absolute Gasteiger partial charge is 0.493 e. The van der Waals surface area contributed by atoms with E-state index >= 15 is 0 Å². The van der Waals surface area contributed by atoms with E-state index in [4.69, 9.17) is 22.9 Å². The molecule has 1 N–H and O–H groups in total. The van der Waals surface area contributed by atoms with Crippen molar-refractivity contribution in [1.82, 2.24) is 4.90 Å². The Hall–Kier alpha value is -1.52. The Kier molecular flexibility index (Phi) is 1.45. The molecule has 4 aliphatic rings. The molecular formula is C18H21NO3. The fraction of sp³-hybridized carbons (Fsp3) is 0.556. The van der Waals surface area contributed by atoms with Crippen LogP contribution in [0.2, 0.25) is 0 Å². The number of benzene rings is 1. The Balaban J connectivity index is 1.85. The summed E-state index contributed by atoms with van der Waals surface area (Å²) < 4.78 is 68.5. The van der Waals surface area contributed by atoms with Crippen LogP contribution in [0.1, 0.15) is 25.8 Å². The van der Waals surface area contributed by atoms with Gasteiger partial charge in [-0.1, -0.05) is 18.2 Å².